The fourth-order valence-corrected chi connectivity index (χ4v) is 6.00. The molecule has 1 atom stereocenters. The SMILES string of the molecule is C[C@@H](OC(=O)Nc1cc(Cl)sc1-c1ccc(-c2ccc(C3(C(=O)[O-])CC3)cc2)cc1)c1ccsc1.[Na+]. The number of halogens is 1. The summed E-state index contributed by atoms with van der Waals surface area (Å²) in [5.41, 5.74) is 4.43. The number of hydrogen-bond acceptors (Lipinski definition) is 6. The molecule has 5 nitrogen and oxygen atoms in total. The molecule has 1 amide bonds. The Kier molecular flexibility index (Phi) is 8.29. The van der Waals surface area contributed by atoms with Crippen molar-refractivity contribution < 1.29 is 49.0 Å². The van der Waals surface area contributed by atoms with Crippen molar-refractivity contribution in [1.82, 2.24) is 0 Å². The van der Waals surface area contributed by atoms with Crippen molar-refractivity contribution in [2.24, 2.45) is 0 Å². The van der Waals surface area contributed by atoms with Crippen LogP contribution in [0.25, 0.3) is 21.6 Å². The van der Waals surface area contributed by atoms with E-state index in [0.29, 0.717) is 22.9 Å². The van der Waals surface area contributed by atoms with Gasteiger partial charge < -0.3 is 14.6 Å². The fraction of sp³-hybridized carbons (Fsp3) is 0.185. The van der Waals surface area contributed by atoms with E-state index in [9.17, 15) is 14.7 Å². The summed E-state index contributed by atoms with van der Waals surface area (Å²) in [4.78, 5) is 24.8. The van der Waals surface area contributed by atoms with Crippen LogP contribution in [0.15, 0.2) is 71.4 Å². The van der Waals surface area contributed by atoms with Gasteiger partial charge in [-0.15, -0.1) is 11.3 Å². The molecule has 9 heteroatoms. The van der Waals surface area contributed by atoms with Crippen molar-refractivity contribution in [2.75, 3.05) is 5.32 Å². The molecule has 0 saturated heterocycles. The molecule has 0 radical (unpaired) electrons. The largest absolute Gasteiger partial charge is 1.00 e. The van der Waals surface area contributed by atoms with Crippen molar-refractivity contribution in [2.45, 2.75) is 31.3 Å². The molecule has 1 aliphatic rings. The summed E-state index contributed by atoms with van der Waals surface area (Å²) >= 11 is 9.20. The summed E-state index contributed by atoms with van der Waals surface area (Å²) < 4.78 is 6.06. The van der Waals surface area contributed by atoms with E-state index in [1.165, 1.54) is 11.3 Å². The van der Waals surface area contributed by atoms with Gasteiger partial charge in [0.2, 0.25) is 0 Å². The van der Waals surface area contributed by atoms with Crippen molar-refractivity contribution in [3.8, 4) is 21.6 Å². The van der Waals surface area contributed by atoms with E-state index >= 15 is 0 Å². The summed E-state index contributed by atoms with van der Waals surface area (Å²) in [6, 6.07) is 19.2. The maximum atomic E-state index is 12.5. The molecule has 0 bridgehead atoms. The molecular formula is C27H21ClNNaO4S2. The van der Waals surface area contributed by atoms with E-state index in [1.54, 1.807) is 17.4 Å². The summed E-state index contributed by atoms with van der Waals surface area (Å²) in [6.07, 6.45) is 0.361. The number of anilines is 1. The van der Waals surface area contributed by atoms with Crippen molar-refractivity contribution in [3.05, 3.63) is 86.9 Å². The second kappa shape index (κ2) is 11.1. The van der Waals surface area contributed by atoms with E-state index in [1.807, 2.05) is 72.3 Å². The monoisotopic (exact) mass is 545 g/mol. The molecule has 1 N–H and O–H groups in total. The smallest absolute Gasteiger partial charge is 0.549 e. The van der Waals surface area contributed by atoms with Crippen molar-refractivity contribution in [1.29, 1.82) is 0 Å². The van der Waals surface area contributed by atoms with E-state index < -0.39 is 17.5 Å². The van der Waals surface area contributed by atoms with Gasteiger partial charge in [0, 0.05) is 11.0 Å². The third kappa shape index (κ3) is 5.57. The van der Waals surface area contributed by atoms with E-state index in [-0.39, 0.29) is 35.7 Å². The Hall–Kier alpha value is -2.13. The number of carboxylic acid groups (broad SMARTS) is 1. The van der Waals surface area contributed by atoms with Gasteiger partial charge in [0.1, 0.15) is 6.10 Å². The van der Waals surface area contributed by atoms with Crippen LogP contribution < -0.4 is 40.0 Å². The number of hydrogen-bond donors (Lipinski definition) is 1. The Balaban J connectivity index is 0.00000304. The van der Waals surface area contributed by atoms with Gasteiger partial charge in [-0.25, -0.2) is 4.79 Å². The number of amides is 1. The molecule has 178 valence electrons. The zero-order valence-electron chi connectivity index (χ0n) is 19.7. The molecule has 4 aromatic rings. The molecular weight excluding hydrogens is 525 g/mol. The van der Waals surface area contributed by atoms with Gasteiger partial charge in [-0.1, -0.05) is 60.1 Å². The number of carboxylic acids is 1. The second-order valence-electron chi connectivity index (χ2n) is 8.55. The van der Waals surface area contributed by atoms with Crippen LogP contribution in [0.4, 0.5) is 10.5 Å². The van der Waals surface area contributed by atoms with E-state index in [0.717, 1.165) is 32.7 Å². The quantitative estimate of drug-likeness (QED) is 0.357. The van der Waals surface area contributed by atoms with Crippen LogP contribution in [-0.2, 0) is 14.9 Å². The maximum Gasteiger partial charge on any atom is 1.00 e. The first-order valence-electron chi connectivity index (χ1n) is 11.1. The van der Waals surface area contributed by atoms with Crippen LogP contribution in [-0.4, -0.2) is 12.1 Å². The topological polar surface area (TPSA) is 78.5 Å². The minimum atomic E-state index is -1.00. The first-order valence-corrected chi connectivity index (χ1v) is 13.2. The second-order valence-corrected chi connectivity index (χ2v) is 11.0. The number of rotatable bonds is 7. The average Bonchev–Trinajstić information content (AvgIpc) is 3.32. The zero-order chi connectivity index (χ0) is 24.6. The predicted molar refractivity (Wildman–Crippen MR) is 139 cm³/mol. The number of benzene rings is 2. The molecule has 2 heterocycles. The molecule has 1 saturated carbocycles. The van der Waals surface area contributed by atoms with Gasteiger partial charge >= 0.3 is 35.7 Å². The third-order valence-corrected chi connectivity index (χ3v) is 8.31. The number of aliphatic carboxylic acids is 1. The number of nitrogens with one attached hydrogen (secondary N) is 1. The van der Waals surface area contributed by atoms with E-state index in [2.05, 4.69) is 5.32 Å². The molecule has 2 aromatic carbocycles. The Labute approximate surface area is 244 Å². The van der Waals surface area contributed by atoms with Crippen LogP contribution in [0.5, 0.6) is 0 Å². The van der Waals surface area contributed by atoms with Gasteiger partial charge in [0.15, 0.2) is 0 Å². The van der Waals surface area contributed by atoms with Gasteiger partial charge in [0.25, 0.3) is 0 Å². The summed E-state index contributed by atoms with van der Waals surface area (Å²) in [5.74, 6) is -1.00. The van der Waals surface area contributed by atoms with Gasteiger partial charge in [-0.2, -0.15) is 11.3 Å². The standard InChI is InChI=1S/C27H22ClNO4S2.Na/c1-16(20-10-13-34-15-20)33-26(32)29-22-14-23(28)35-24(22)19-4-2-17(3-5-19)18-6-8-21(9-7-18)27(11-12-27)25(30)31;/h2-10,13-16H,11-12H2,1H3,(H,29,32)(H,30,31);/q;+1/p-1/t16-;/m1./s1. The molecule has 5 rings (SSSR count). The molecule has 0 spiro atoms. The van der Waals surface area contributed by atoms with Gasteiger partial charge in [-0.3, -0.25) is 5.32 Å². The molecule has 2 aromatic heterocycles. The Morgan fingerprint density at radius 3 is 2.19 bits per heavy atom. The summed E-state index contributed by atoms with van der Waals surface area (Å²) in [5, 5.41) is 18.2. The average molecular weight is 546 g/mol. The Bertz CT molecular complexity index is 1360. The first kappa shape index (κ1) is 26.9. The van der Waals surface area contributed by atoms with Crippen LogP contribution in [0.3, 0.4) is 0 Å². The summed E-state index contributed by atoms with van der Waals surface area (Å²) in [6.45, 7) is 1.83. The molecule has 1 fully saturated rings. The van der Waals surface area contributed by atoms with Crippen molar-refractivity contribution >= 4 is 52.0 Å². The van der Waals surface area contributed by atoms with Crippen LogP contribution in [0.2, 0.25) is 4.34 Å². The zero-order valence-corrected chi connectivity index (χ0v) is 24.1. The molecule has 0 unspecified atom stereocenters. The number of ether oxygens (including phenoxy) is 1. The first-order chi connectivity index (χ1) is 16.9. The predicted octanol–water partition coefficient (Wildman–Crippen LogP) is 3.89. The van der Waals surface area contributed by atoms with E-state index in [4.69, 9.17) is 16.3 Å². The van der Waals surface area contributed by atoms with Crippen LogP contribution >= 0.6 is 34.3 Å². The number of thiophene rings is 2. The Morgan fingerprint density at radius 2 is 1.64 bits per heavy atom. The molecule has 36 heavy (non-hydrogen) atoms. The van der Waals surface area contributed by atoms with Gasteiger partial charge in [-0.05, 0) is 64.9 Å². The van der Waals surface area contributed by atoms with Gasteiger partial charge in [0.05, 0.1) is 20.9 Å². The number of carbonyl (C=O) groups excluding carboxylic acids is 2. The minimum absolute atomic E-state index is 0. The number of carbonyl (C=O) groups is 2. The fourth-order valence-electron chi connectivity index (χ4n) is 4.07. The maximum absolute atomic E-state index is 12.5. The summed E-state index contributed by atoms with van der Waals surface area (Å²) in [7, 11) is 0. The third-order valence-electron chi connectivity index (χ3n) is 6.29. The molecule has 0 aliphatic heterocycles. The Morgan fingerprint density at radius 1 is 1.03 bits per heavy atom. The van der Waals surface area contributed by atoms with Crippen molar-refractivity contribution in [3.63, 3.8) is 0 Å². The normalized spacial score (nSPS) is 14.4. The van der Waals surface area contributed by atoms with Crippen LogP contribution in [0.1, 0.15) is 37.0 Å². The van der Waals surface area contributed by atoms with Crippen LogP contribution in [0, 0.1) is 0 Å². The minimum Gasteiger partial charge on any atom is -0.549 e. The molecule has 1 aliphatic carbocycles.